The lowest BCUT2D eigenvalue weighted by molar-refractivity contribution is -0.139. The molecule has 1 aliphatic carbocycles. The van der Waals surface area contributed by atoms with Crippen LogP contribution in [0.25, 0.3) is 0 Å². The average Bonchev–Trinajstić information content (AvgIpc) is 2.34. The Morgan fingerprint density at radius 3 is 2.37 bits per heavy atom. The molecule has 0 aromatic rings. The van der Waals surface area contributed by atoms with Gasteiger partial charge in [-0.15, -0.1) is 6.58 Å². The first-order chi connectivity index (χ1) is 8.78. The van der Waals surface area contributed by atoms with Crippen molar-refractivity contribution in [2.45, 2.75) is 77.1 Å². The number of allylic oxidation sites excluding steroid dienone is 1. The molecule has 0 aliphatic heterocycles. The molecule has 2 nitrogen and oxygen atoms in total. The number of ketones is 1. The first kappa shape index (κ1) is 16.6. The van der Waals surface area contributed by atoms with E-state index >= 15 is 0 Å². The minimum atomic E-state index is -1.72. The van der Waals surface area contributed by atoms with E-state index < -0.39 is 13.9 Å². The van der Waals surface area contributed by atoms with Gasteiger partial charge in [0.1, 0.15) is 5.60 Å². The van der Waals surface area contributed by atoms with Gasteiger partial charge in [0.05, 0.1) is 0 Å². The van der Waals surface area contributed by atoms with Crippen LogP contribution in [0.5, 0.6) is 0 Å². The maximum atomic E-state index is 12.9. The molecule has 1 rings (SSSR count). The minimum absolute atomic E-state index is 0.222. The number of carbonyl (C=O) groups excluding carboxylic acids is 1. The van der Waals surface area contributed by atoms with E-state index in [0.717, 1.165) is 25.7 Å². The van der Waals surface area contributed by atoms with Crippen molar-refractivity contribution >= 4 is 14.1 Å². The van der Waals surface area contributed by atoms with Crippen molar-refractivity contribution in [1.29, 1.82) is 0 Å². The third-order valence-electron chi connectivity index (χ3n) is 3.85. The molecule has 0 aromatic carbocycles. The number of hydrogen-bond donors (Lipinski definition) is 0. The smallest absolute Gasteiger partial charge is 0.185 e. The van der Waals surface area contributed by atoms with Crippen molar-refractivity contribution in [3.63, 3.8) is 0 Å². The molecule has 0 bridgehead atoms. The van der Waals surface area contributed by atoms with Gasteiger partial charge in [-0.1, -0.05) is 25.3 Å². The monoisotopic (exact) mass is 282 g/mol. The molecule has 19 heavy (non-hydrogen) atoms. The summed E-state index contributed by atoms with van der Waals surface area (Å²) < 4.78 is 6.28. The maximum Gasteiger partial charge on any atom is 0.185 e. The van der Waals surface area contributed by atoms with E-state index in [1.807, 2.05) is 13.0 Å². The highest BCUT2D eigenvalue weighted by atomic mass is 28.4. The van der Waals surface area contributed by atoms with Crippen LogP contribution in [-0.4, -0.2) is 19.7 Å². The van der Waals surface area contributed by atoms with Crippen LogP contribution in [0.15, 0.2) is 12.7 Å². The van der Waals surface area contributed by atoms with Gasteiger partial charge in [-0.05, 0) is 52.2 Å². The predicted molar refractivity (Wildman–Crippen MR) is 83.8 cm³/mol. The Balaban J connectivity index is 2.81. The number of Topliss-reactive ketones (excluding diaryl/α,β-unsaturated/α-hetero) is 1. The van der Waals surface area contributed by atoms with Crippen molar-refractivity contribution in [2.24, 2.45) is 5.92 Å². The van der Waals surface area contributed by atoms with E-state index in [-0.39, 0.29) is 5.92 Å². The van der Waals surface area contributed by atoms with Crippen molar-refractivity contribution in [3.05, 3.63) is 12.7 Å². The summed E-state index contributed by atoms with van der Waals surface area (Å²) >= 11 is 0. The minimum Gasteiger partial charge on any atom is -0.405 e. The van der Waals surface area contributed by atoms with E-state index in [1.165, 1.54) is 19.3 Å². The van der Waals surface area contributed by atoms with Crippen molar-refractivity contribution in [1.82, 2.24) is 0 Å². The van der Waals surface area contributed by atoms with E-state index in [2.05, 4.69) is 26.2 Å². The average molecular weight is 282 g/mol. The van der Waals surface area contributed by atoms with Gasteiger partial charge in [0, 0.05) is 5.92 Å². The summed E-state index contributed by atoms with van der Waals surface area (Å²) in [5.74, 6) is 0.566. The molecule has 0 saturated heterocycles. The first-order valence-electron chi connectivity index (χ1n) is 7.64. The number of rotatable bonds is 7. The Morgan fingerprint density at radius 1 is 1.32 bits per heavy atom. The van der Waals surface area contributed by atoms with Crippen LogP contribution in [0.2, 0.25) is 19.6 Å². The Morgan fingerprint density at radius 2 is 1.89 bits per heavy atom. The zero-order valence-electron chi connectivity index (χ0n) is 13.1. The normalized spacial score (nSPS) is 20.8. The topological polar surface area (TPSA) is 26.3 Å². The third-order valence-corrected chi connectivity index (χ3v) is 4.92. The molecule has 3 heteroatoms. The second kappa shape index (κ2) is 6.85. The van der Waals surface area contributed by atoms with Gasteiger partial charge in [-0.25, -0.2) is 0 Å². The fraction of sp³-hybridized carbons (Fsp3) is 0.812. The Labute approximate surface area is 119 Å². The summed E-state index contributed by atoms with van der Waals surface area (Å²) in [6.45, 7) is 12.3. The molecule has 0 aromatic heterocycles. The van der Waals surface area contributed by atoms with Gasteiger partial charge >= 0.3 is 0 Å². The van der Waals surface area contributed by atoms with Crippen molar-refractivity contribution in [3.8, 4) is 0 Å². The highest BCUT2D eigenvalue weighted by molar-refractivity contribution is 6.70. The molecule has 0 spiro atoms. The zero-order valence-corrected chi connectivity index (χ0v) is 14.1. The van der Waals surface area contributed by atoms with Crippen LogP contribution in [0.1, 0.15) is 51.9 Å². The Hall–Kier alpha value is -0.413. The van der Waals surface area contributed by atoms with Gasteiger partial charge in [-0.2, -0.15) is 0 Å². The summed E-state index contributed by atoms with van der Waals surface area (Å²) in [5, 5.41) is 0. The van der Waals surface area contributed by atoms with Crippen LogP contribution in [-0.2, 0) is 9.22 Å². The number of carbonyl (C=O) groups is 1. The Kier molecular flexibility index (Phi) is 6.00. The highest BCUT2D eigenvalue weighted by Crippen LogP contribution is 2.33. The molecule has 1 unspecified atom stereocenters. The lowest BCUT2D eigenvalue weighted by Crippen LogP contribution is -2.49. The fourth-order valence-electron chi connectivity index (χ4n) is 3.07. The van der Waals surface area contributed by atoms with Crippen LogP contribution >= 0.6 is 0 Å². The molecule has 0 radical (unpaired) electrons. The molecule has 110 valence electrons. The summed E-state index contributed by atoms with van der Waals surface area (Å²) in [6.07, 6.45) is 9.29. The highest BCUT2D eigenvalue weighted by Gasteiger charge is 2.41. The number of hydrogen-bond acceptors (Lipinski definition) is 2. The van der Waals surface area contributed by atoms with Gasteiger partial charge in [-0.3, -0.25) is 4.79 Å². The van der Waals surface area contributed by atoms with Gasteiger partial charge < -0.3 is 4.43 Å². The predicted octanol–water partition coefficient (Wildman–Crippen LogP) is 4.71. The Bertz CT molecular complexity index is 313. The lowest BCUT2D eigenvalue weighted by Gasteiger charge is -2.38. The first-order valence-corrected chi connectivity index (χ1v) is 11.0. The maximum absolute atomic E-state index is 12.9. The molecule has 0 amide bonds. The molecule has 0 N–H and O–H groups in total. The molecular weight excluding hydrogens is 252 g/mol. The lowest BCUT2D eigenvalue weighted by atomic mass is 9.79. The van der Waals surface area contributed by atoms with E-state index in [1.54, 1.807) is 0 Å². The van der Waals surface area contributed by atoms with Crippen molar-refractivity contribution < 1.29 is 9.22 Å². The van der Waals surface area contributed by atoms with Crippen LogP contribution in [0.3, 0.4) is 0 Å². The third kappa shape index (κ3) is 5.23. The van der Waals surface area contributed by atoms with E-state index in [9.17, 15) is 4.79 Å². The molecule has 1 atom stereocenters. The largest absolute Gasteiger partial charge is 0.405 e. The fourth-order valence-corrected chi connectivity index (χ4v) is 4.63. The summed E-state index contributed by atoms with van der Waals surface area (Å²) in [5.41, 5.74) is -0.597. The van der Waals surface area contributed by atoms with Gasteiger partial charge in [0.2, 0.25) is 0 Å². The van der Waals surface area contributed by atoms with E-state index in [0.29, 0.717) is 5.78 Å². The van der Waals surface area contributed by atoms with Gasteiger partial charge in [0.25, 0.3) is 0 Å². The van der Waals surface area contributed by atoms with Crippen LogP contribution in [0, 0.1) is 5.92 Å². The summed E-state index contributed by atoms with van der Waals surface area (Å²) in [4.78, 5) is 12.9. The molecule has 1 fully saturated rings. The molecule has 0 heterocycles. The zero-order chi connectivity index (χ0) is 14.5. The standard InChI is InChI=1S/C16H30O2Si/c1-6-7-13-16(2,18-19(3,4)5)15(17)14-11-9-8-10-12-14/h6,14H,1,7-13H2,2-5H3. The summed E-state index contributed by atoms with van der Waals surface area (Å²) in [6, 6.07) is 0. The second-order valence-electron chi connectivity index (χ2n) is 6.97. The second-order valence-corrected chi connectivity index (χ2v) is 11.4. The van der Waals surface area contributed by atoms with Crippen LogP contribution < -0.4 is 0 Å². The quantitative estimate of drug-likeness (QED) is 0.499. The molecule has 1 saturated carbocycles. The SMILES string of the molecule is C=CCCC(C)(O[Si](C)(C)C)C(=O)C1CCCCC1. The van der Waals surface area contributed by atoms with Crippen LogP contribution in [0.4, 0.5) is 0 Å². The van der Waals surface area contributed by atoms with Crippen molar-refractivity contribution in [2.75, 3.05) is 0 Å². The van der Waals surface area contributed by atoms with Gasteiger partial charge in [0.15, 0.2) is 14.1 Å². The molecule has 1 aliphatic rings. The molecular formula is C16H30O2Si. The summed E-state index contributed by atoms with van der Waals surface area (Å²) in [7, 11) is -1.72. The van der Waals surface area contributed by atoms with E-state index in [4.69, 9.17) is 4.43 Å².